The lowest BCUT2D eigenvalue weighted by Gasteiger charge is -1.93. The lowest BCUT2D eigenvalue weighted by molar-refractivity contribution is 0.262. The maximum atomic E-state index is 8.46. The molecule has 46 valence electrons. The molecule has 0 aliphatic carbocycles. The van der Waals surface area contributed by atoms with Crippen molar-refractivity contribution >= 4 is 15.9 Å². The number of rotatable bonds is 2. The first kappa shape index (κ1) is 7.96. The van der Waals surface area contributed by atoms with Crippen molar-refractivity contribution in [2.45, 2.75) is 6.92 Å². The van der Waals surface area contributed by atoms with E-state index < -0.39 is 0 Å². The van der Waals surface area contributed by atoms with Crippen LogP contribution < -0.4 is 0 Å². The second kappa shape index (κ2) is 5.10. The van der Waals surface area contributed by atoms with Crippen LogP contribution in [0.25, 0.3) is 0 Å². The maximum absolute atomic E-state index is 8.46. The summed E-state index contributed by atoms with van der Waals surface area (Å²) in [4.78, 5) is 1.64. The lowest BCUT2D eigenvalue weighted by Crippen LogP contribution is -1.93. The summed E-state index contributed by atoms with van der Waals surface area (Å²) in [5.74, 6) is 0.212. The summed E-state index contributed by atoms with van der Waals surface area (Å²) in [6.45, 7) is 2.11. The standard InChI is InChI=1S/C6H9BrO/c1-6(5-8)3-2-4-7/h3-4,6,8H,5H2,1H3/t2?,6-/m1/s1. The second-order valence-electron chi connectivity index (χ2n) is 1.60. The van der Waals surface area contributed by atoms with E-state index in [9.17, 15) is 0 Å². The molecule has 0 aliphatic rings. The van der Waals surface area contributed by atoms with Crippen molar-refractivity contribution in [3.05, 3.63) is 16.8 Å². The number of halogens is 1. The molecule has 0 bridgehead atoms. The highest BCUT2D eigenvalue weighted by molar-refractivity contribution is 9.11. The molecule has 1 N–H and O–H groups in total. The van der Waals surface area contributed by atoms with Gasteiger partial charge in [0.05, 0.1) is 0 Å². The molecule has 0 saturated heterocycles. The molecule has 0 aromatic carbocycles. The maximum Gasteiger partial charge on any atom is 0.0497 e. The van der Waals surface area contributed by atoms with Crippen LogP contribution >= 0.6 is 15.9 Å². The molecule has 0 aromatic rings. The van der Waals surface area contributed by atoms with Gasteiger partial charge in [0, 0.05) is 17.5 Å². The van der Waals surface area contributed by atoms with E-state index in [4.69, 9.17) is 5.11 Å². The first-order valence-electron chi connectivity index (χ1n) is 2.43. The van der Waals surface area contributed by atoms with Crippen LogP contribution in [0, 0.1) is 5.92 Å². The zero-order valence-electron chi connectivity index (χ0n) is 4.76. The van der Waals surface area contributed by atoms with Crippen LogP contribution in [0.1, 0.15) is 6.92 Å². The van der Waals surface area contributed by atoms with Crippen LogP contribution in [0.5, 0.6) is 0 Å². The Morgan fingerprint density at radius 1 is 1.88 bits per heavy atom. The Labute approximate surface area is 57.8 Å². The highest BCUT2D eigenvalue weighted by Crippen LogP contribution is 1.92. The SMILES string of the molecule is C[C@H](C=C=CBr)CO. The second-order valence-corrected chi connectivity index (χ2v) is 2.06. The summed E-state index contributed by atoms with van der Waals surface area (Å²) < 4.78 is 0. The molecule has 0 amide bonds. The highest BCUT2D eigenvalue weighted by Gasteiger charge is 1.88. The Bertz CT molecular complexity index is 103. The van der Waals surface area contributed by atoms with Crippen LogP contribution in [-0.4, -0.2) is 11.7 Å². The van der Waals surface area contributed by atoms with Crippen molar-refractivity contribution in [2.75, 3.05) is 6.61 Å². The monoisotopic (exact) mass is 176 g/mol. The minimum atomic E-state index is 0.188. The summed E-state index contributed by atoms with van der Waals surface area (Å²) >= 11 is 3.06. The fourth-order valence-corrected chi connectivity index (χ4v) is 0.406. The summed E-state index contributed by atoms with van der Waals surface area (Å²) in [7, 11) is 0. The molecule has 1 nitrogen and oxygen atoms in total. The number of aliphatic hydroxyl groups excluding tert-OH is 1. The average Bonchev–Trinajstić information content (AvgIpc) is 1.83. The Hall–Kier alpha value is -0.0400. The third kappa shape index (κ3) is 4.13. The van der Waals surface area contributed by atoms with Gasteiger partial charge in [0.25, 0.3) is 0 Å². The molecule has 0 fully saturated rings. The predicted octanol–water partition coefficient (Wildman–Crippen LogP) is 1.68. The van der Waals surface area contributed by atoms with Gasteiger partial charge in [0.2, 0.25) is 0 Å². The molecule has 0 aromatic heterocycles. The van der Waals surface area contributed by atoms with Gasteiger partial charge in [0.15, 0.2) is 0 Å². The molecular weight excluding hydrogens is 168 g/mol. The van der Waals surface area contributed by atoms with Gasteiger partial charge in [-0.15, -0.1) is 5.73 Å². The van der Waals surface area contributed by atoms with Crippen molar-refractivity contribution in [1.29, 1.82) is 0 Å². The zero-order chi connectivity index (χ0) is 6.41. The van der Waals surface area contributed by atoms with E-state index in [2.05, 4.69) is 21.7 Å². The highest BCUT2D eigenvalue weighted by atomic mass is 79.9. The Morgan fingerprint density at radius 2 is 2.50 bits per heavy atom. The summed E-state index contributed by atoms with van der Waals surface area (Å²) in [5.41, 5.74) is 2.81. The summed E-state index contributed by atoms with van der Waals surface area (Å²) in [6.07, 6.45) is 1.80. The van der Waals surface area contributed by atoms with Crippen molar-refractivity contribution < 1.29 is 5.11 Å². The third-order valence-corrected chi connectivity index (χ3v) is 0.996. The molecule has 0 radical (unpaired) electrons. The van der Waals surface area contributed by atoms with Crippen LogP contribution in [0.2, 0.25) is 0 Å². The van der Waals surface area contributed by atoms with Crippen molar-refractivity contribution in [3.8, 4) is 0 Å². The average molecular weight is 177 g/mol. The Morgan fingerprint density at radius 3 is 2.88 bits per heavy atom. The molecule has 0 heterocycles. The van der Waals surface area contributed by atoms with Gasteiger partial charge < -0.3 is 5.11 Å². The van der Waals surface area contributed by atoms with E-state index in [1.54, 1.807) is 11.1 Å². The zero-order valence-corrected chi connectivity index (χ0v) is 6.35. The van der Waals surface area contributed by atoms with Gasteiger partial charge in [-0.05, 0) is 6.08 Å². The van der Waals surface area contributed by atoms with E-state index >= 15 is 0 Å². The van der Waals surface area contributed by atoms with Crippen LogP contribution in [0.15, 0.2) is 16.8 Å². The van der Waals surface area contributed by atoms with Crippen molar-refractivity contribution in [3.63, 3.8) is 0 Å². The largest absolute Gasteiger partial charge is 0.396 e. The summed E-state index contributed by atoms with van der Waals surface area (Å²) in [5, 5.41) is 8.46. The Balaban J connectivity index is 3.52. The van der Waals surface area contributed by atoms with E-state index in [1.807, 2.05) is 6.92 Å². The fourth-order valence-electron chi connectivity index (χ4n) is 0.253. The molecule has 0 unspecified atom stereocenters. The quantitative estimate of drug-likeness (QED) is 0.636. The number of aliphatic hydroxyl groups is 1. The molecule has 8 heavy (non-hydrogen) atoms. The van der Waals surface area contributed by atoms with Gasteiger partial charge in [-0.25, -0.2) is 0 Å². The first-order chi connectivity index (χ1) is 3.81. The van der Waals surface area contributed by atoms with Crippen LogP contribution in [0.4, 0.5) is 0 Å². The minimum absolute atomic E-state index is 0.188. The van der Waals surface area contributed by atoms with Gasteiger partial charge in [-0.3, -0.25) is 0 Å². The topological polar surface area (TPSA) is 20.2 Å². The van der Waals surface area contributed by atoms with Gasteiger partial charge in [0.1, 0.15) is 0 Å². The van der Waals surface area contributed by atoms with Gasteiger partial charge in [-0.2, -0.15) is 0 Å². The van der Waals surface area contributed by atoms with E-state index in [-0.39, 0.29) is 12.5 Å². The normalized spacial score (nSPS) is 11.9. The molecule has 0 rings (SSSR count). The lowest BCUT2D eigenvalue weighted by atomic mass is 10.2. The number of hydrogen-bond acceptors (Lipinski definition) is 1. The van der Waals surface area contributed by atoms with E-state index in [0.717, 1.165) is 0 Å². The van der Waals surface area contributed by atoms with Crippen LogP contribution in [-0.2, 0) is 0 Å². The van der Waals surface area contributed by atoms with Crippen molar-refractivity contribution in [1.82, 2.24) is 0 Å². The molecule has 0 saturated carbocycles. The minimum Gasteiger partial charge on any atom is -0.396 e. The molecule has 0 spiro atoms. The van der Waals surface area contributed by atoms with Crippen molar-refractivity contribution in [2.24, 2.45) is 5.92 Å². The Kier molecular flexibility index (Phi) is 5.08. The van der Waals surface area contributed by atoms with Gasteiger partial charge >= 0.3 is 0 Å². The molecule has 0 aliphatic heterocycles. The van der Waals surface area contributed by atoms with Gasteiger partial charge in [-0.1, -0.05) is 22.9 Å². The number of hydrogen-bond donors (Lipinski definition) is 1. The molecule has 1 atom stereocenters. The fraction of sp³-hybridized carbons (Fsp3) is 0.500. The van der Waals surface area contributed by atoms with Crippen LogP contribution in [0.3, 0.4) is 0 Å². The third-order valence-electron chi connectivity index (χ3n) is 0.732. The van der Waals surface area contributed by atoms with E-state index in [0.29, 0.717) is 0 Å². The molecular formula is C6H9BrO. The van der Waals surface area contributed by atoms with E-state index in [1.165, 1.54) is 0 Å². The molecule has 2 heteroatoms. The predicted molar refractivity (Wildman–Crippen MR) is 37.8 cm³/mol. The summed E-state index contributed by atoms with van der Waals surface area (Å²) in [6, 6.07) is 0. The smallest absolute Gasteiger partial charge is 0.0497 e. The first-order valence-corrected chi connectivity index (χ1v) is 3.35.